The molecule has 0 N–H and O–H groups in total. The number of benzene rings is 1. The van der Waals surface area contributed by atoms with Crippen molar-refractivity contribution in [2.45, 2.75) is 6.92 Å². The fraction of sp³-hybridized carbons (Fsp3) is 0.111. The van der Waals surface area contributed by atoms with Crippen molar-refractivity contribution in [3.05, 3.63) is 17.2 Å². The Balaban J connectivity index is 2.95. The molecule has 3 radical (unpaired) electrons. The lowest BCUT2D eigenvalue weighted by molar-refractivity contribution is 0.112. The summed E-state index contributed by atoms with van der Waals surface area (Å²) in [6, 6.07) is 1.71. The van der Waals surface area contributed by atoms with E-state index in [0.29, 0.717) is 29.3 Å². The van der Waals surface area contributed by atoms with Crippen LogP contribution in [-0.4, -0.2) is 37.9 Å². The lowest BCUT2D eigenvalue weighted by Crippen LogP contribution is -2.11. The van der Waals surface area contributed by atoms with Crippen LogP contribution in [-0.2, 0) is 4.79 Å². The Morgan fingerprint density at radius 3 is 2.80 bits per heavy atom. The van der Waals surface area contributed by atoms with E-state index in [2.05, 4.69) is 20.6 Å². The zero-order valence-electron chi connectivity index (χ0n) is 7.89. The van der Waals surface area contributed by atoms with Gasteiger partial charge < -0.3 is 0 Å². The van der Waals surface area contributed by atoms with E-state index in [1.165, 1.54) is 0 Å². The van der Waals surface area contributed by atoms with Crippen LogP contribution in [0.5, 0.6) is 0 Å². The van der Waals surface area contributed by atoms with Gasteiger partial charge >= 0.3 is 0 Å². The monoisotopic (exact) mass is 216 g/mol. The van der Waals surface area contributed by atoms with Gasteiger partial charge in [0.05, 0.1) is 15.8 Å². The van der Waals surface area contributed by atoms with Crippen LogP contribution in [0.1, 0.15) is 15.9 Å². The van der Waals surface area contributed by atoms with Gasteiger partial charge in [-0.05, 0) is 18.6 Å². The first-order valence-electron chi connectivity index (χ1n) is 4.19. The molecule has 1 heterocycles. The number of rotatable bonds is 2. The molecule has 0 amide bonds. The van der Waals surface area contributed by atoms with E-state index in [9.17, 15) is 9.59 Å². The summed E-state index contributed by atoms with van der Waals surface area (Å²) in [5, 5.41) is 8.16. The minimum atomic E-state index is 0.441. The van der Waals surface area contributed by atoms with Crippen molar-refractivity contribution >= 4 is 39.2 Å². The highest BCUT2D eigenvalue weighted by Crippen LogP contribution is 2.15. The standard InChI is InChI=1S/C9H6N3O2Si/c1-5-6(3-13)9-7(2-8(5)15)12(4-14)11-10-9/h2-4H,1H3. The Bertz CT molecular complexity index is 562. The summed E-state index contributed by atoms with van der Waals surface area (Å²) in [5.41, 5.74) is 2.19. The number of carbonyl (C=O) groups excluding carboxylic acids is 2. The van der Waals surface area contributed by atoms with Crippen LogP contribution < -0.4 is 5.19 Å². The van der Waals surface area contributed by atoms with E-state index in [-0.39, 0.29) is 0 Å². The van der Waals surface area contributed by atoms with Crippen LogP contribution in [0, 0.1) is 6.92 Å². The quantitative estimate of drug-likeness (QED) is 0.496. The molecule has 5 nitrogen and oxygen atoms in total. The molecule has 6 heteroatoms. The second kappa shape index (κ2) is 3.39. The van der Waals surface area contributed by atoms with Crippen LogP contribution >= 0.6 is 0 Å². The van der Waals surface area contributed by atoms with Crippen molar-refractivity contribution in [1.82, 2.24) is 15.0 Å². The Hall–Kier alpha value is -1.82. The molecule has 0 spiro atoms. The first-order chi connectivity index (χ1) is 7.19. The topological polar surface area (TPSA) is 64.8 Å². The SMILES string of the molecule is Cc1c([Si])cc2c(nnn2C=O)c1C=O. The van der Waals surface area contributed by atoms with Crippen LogP contribution in [0.2, 0.25) is 0 Å². The lowest BCUT2D eigenvalue weighted by atomic mass is 10.1. The normalized spacial score (nSPS) is 10.5. The summed E-state index contributed by atoms with van der Waals surface area (Å²) in [6.45, 7) is 1.80. The van der Waals surface area contributed by atoms with E-state index < -0.39 is 0 Å². The first-order valence-corrected chi connectivity index (χ1v) is 4.69. The second-order valence-corrected chi connectivity index (χ2v) is 3.63. The molecule has 0 saturated heterocycles. The molecule has 0 unspecified atom stereocenters. The highest BCUT2D eigenvalue weighted by atomic mass is 28.1. The summed E-state index contributed by atoms with van der Waals surface area (Å²) < 4.78 is 1.09. The van der Waals surface area contributed by atoms with Crippen molar-refractivity contribution < 1.29 is 9.59 Å². The van der Waals surface area contributed by atoms with Crippen LogP contribution in [0.3, 0.4) is 0 Å². The van der Waals surface area contributed by atoms with E-state index in [1.54, 1.807) is 13.0 Å². The zero-order chi connectivity index (χ0) is 11.0. The van der Waals surface area contributed by atoms with Gasteiger partial charge in [-0.1, -0.05) is 10.4 Å². The highest BCUT2D eigenvalue weighted by Gasteiger charge is 2.12. The maximum atomic E-state index is 10.9. The molecule has 0 saturated carbocycles. The largest absolute Gasteiger partial charge is 0.298 e. The van der Waals surface area contributed by atoms with Crippen molar-refractivity contribution in [1.29, 1.82) is 0 Å². The number of aldehydes is 1. The van der Waals surface area contributed by atoms with E-state index >= 15 is 0 Å². The molecule has 1 aromatic carbocycles. The molecular formula is C9H6N3O2Si. The molecule has 0 atom stereocenters. The maximum absolute atomic E-state index is 10.9. The van der Waals surface area contributed by atoms with Crippen LogP contribution in [0.15, 0.2) is 6.07 Å². The van der Waals surface area contributed by atoms with E-state index in [1.807, 2.05) is 0 Å². The van der Waals surface area contributed by atoms with E-state index in [0.717, 1.165) is 15.4 Å². The molecule has 2 aromatic rings. The van der Waals surface area contributed by atoms with Crippen LogP contribution in [0.25, 0.3) is 11.0 Å². The van der Waals surface area contributed by atoms with Gasteiger partial charge in [-0.25, -0.2) is 0 Å². The predicted molar refractivity (Wildman–Crippen MR) is 55.2 cm³/mol. The molecule has 73 valence electrons. The third-order valence-corrected chi connectivity index (χ3v) is 2.81. The minimum Gasteiger partial charge on any atom is -0.298 e. The highest BCUT2D eigenvalue weighted by molar-refractivity contribution is 6.35. The molecule has 0 aliphatic carbocycles. The summed E-state index contributed by atoms with van der Waals surface area (Å²) in [7, 11) is 3.37. The van der Waals surface area contributed by atoms with Crippen molar-refractivity contribution in [3.8, 4) is 0 Å². The van der Waals surface area contributed by atoms with Gasteiger partial charge in [0.2, 0.25) is 6.41 Å². The number of hydrogen-bond acceptors (Lipinski definition) is 4. The molecule has 1 aromatic heterocycles. The Morgan fingerprint density at radius 1 is 1.47 bits per heavy atom. The smallest absolute Gasteiger partial charge is 0.236 e. The summed E-state index contributed by atoms with van der Waals surface area (Å²) >= 11 is 0. The number of hydrogen-bond donors (Lipinski definition) is 0. The molecule has 0 fully saturated rings. The Kier molecular flexibility index (Phi) is 2.20. The molecule has 15 heavy (non-hydrogen) atoms. The third kappa shape index (κ3) is 1.30. The lowest BCUT2D eigenvalue weighted by Gasteiger charge is -2.03. The zero-order valence-corrected chi connectivity index (χ0v) is 8.89. The summed E-state index contributed by atoms with van der Waals surface area (Å²) in [6.07, 6.45) is 1.26. The fourth-order valence-corrected chi connectivity index (χ4v) is 1.69. The number of aromatic nitrogens is 3. The Labute approximate surface area is 88.5 Å². The van der Waals surface area contributed by atoms with Crippen LogP contribution in [0.4, 0.5) is 0 Å². The molecule has 0 aliphatic heterocycles. The van der Waals surface area contributed by atoms with Gasteiger partial charge in [0.1, 0.15) is 5.52 Å². The average Bonchev–Trinajstić information content (AvgIpc) is 2.62. The third-order valence-electron chi connectivity index (χ3n) is 2.29. The van der Waals surface area contributed by atoms with Gasteiger partial charge in [-0.2, -0.15) is 4.68 Å². The van der Waals surface area contributed by atoms with E-state index in [4.69, 9.17) is 0 Å². The average molecular weight is 216 g/mol. The molecule has 0 bridgehead atoms. The predicted octanol–water partition coefficient (Wildman–Crippen LogP) is -0.616. The molecular weight excluding hydrogens is 210 g/mol. The summed E-state index contributed by atoms with van der Waals surface area (Å²) in [4.78, 5) is 21.5. The van der Waals surface area contributed by atoms with Gasteiger partial charge in [-0.15, -0.1) is 5.10 Å². The second-order valence-electron chi connectivity index (χ2n) is 3.09. The Morgan fingerprint density at radius 2 is 2.20 bits per heavy atom. The minimum absolute atomic E-state index is 0.441. The number of carbonyl (C=O) groups is 2. The molecule has 0 aliphatic rings. The van der Waals surface area contributed by atoms with Crippen molar-refractivity contribution in [3.63, 3.8) is 0 Å². The van der Waals surface area contributed by atoms with Gasteiger partial charge in [0.25, 0.3) is 0 Å². The first kappa shape index (κ1) is 9.72. The summed E-state index contributed by atoms with van der Waals surface area (Å²) in [5.74, 6) is 0. The fourth-order valence-electron chi connectivity index (χ4n) is 1.42. The number of nitrogens with zero attached hydrogens (tertiary/aromatic N) is 3. The maximum Gasteiger partial charge on any atom is 0.236 e. The molecule has 2 rings (SSSR count). The van der Waals surface area contributed by atoms with Crippen molar-refractivity contribution in [2.75, 3.05) is 0 Å². The van der Waals surface area contributed by atoms with Gasteiger partial charge in [0, 0.05) is 5.56 Å². The number of fused-ring (bicyclic) bond motifs is 1. The van der Waals surface area contributed by atoms with Gasteiger partial charge in [-0.3, -0.25) is 9.59 Å². The van der Waals surface area contributed by atoms with Crippen molar-refractivity contribution in [2.24, 2.45) is 0 Å². The van der Waals surface area contributed by atoms with Gasteiger partial charge in [0.15, 0.2) is 6.29 Å².